The van der Waals surface area contributed by atoms with Gasteiger partial charge >= 0.3 is 0 Å². The highest BCUT2D eigenvalue weighted by molar-refractivity contribution is 7.99. The molecule has 104 valence electrons. The van der Waals surface area contributed by atoms with Gasteiger partial charge in [-0.2, -0.15) is 0 Å². The van der Waals surface area contributed by atoms with Crippen LogP contribution in [0.3, 0.4) is 0 Å². The normalized spacial score (nSPS) is 13.0. The molecule has 1 aromatic heterocycles. The zero-order chi connectivity index (χ0) is 13.8. The van der Waals surface area contributed by atoms with Gasteiger partial charge in [0.05, 0.1) is 12.1 Å². The van der Waals surface area contributed by atoms with Crippen LogP contribution in [0.1, 0.15) is 34.6 Å². The molecule has 0 bridgehead atoms. The molecule has 0 aliphatic rings. The minimum Gasteiger partial charge on any atom is -0.390 e. The van der Waals surface area contributed by atoms with Crippen LogP contribution in [0.25, 0.3) is 0 Å². The highest BCUT2D eigenvalue weighted by Gasteiger charge is 2.16. The van der Waals surface area contributed by atoms with Crippen LogP contribution in [-0.4, -0.2) is 48.8 Å². The highest BCUT2D eigenvalue weighted by atomic mass is 32.2. The molecule has 0 spiro atoms. The first kappa shape index (κ1) is 15.4. The maximum atomic E-state index is 9.68. The maximum Gasteiger partial charge on any atom is 0.209 e. The van der Waals surface area contributed by atoms with Crippen molar-refractivity contribution in [2.24, 2.45) is 0 Å². The third-order valence-corrected chi connectivity index (χ3v) is 3.43. The van der Waals surface area contributed by atoms with Crippen LogP contribution in [-0.2, 0) is 6.54 Å². The summed E-state index contributed by atoms with van der Waals surface area (Å²) in [6.07, 6.45) is 0. The molecule has 6 nitrogen and oxygen atoms in total. The number of nitrogens with zero attached hydrogens (tertiary/aromatic N) is 4. The van der Waals surface area contributed by atoms with E-state index in [4.69, 9.17) is 0 Å². The summed E-state index contributed by atoms with van der Waals surface area (Å²) in [6.45, 7) is 11.4. The third-order valence-electron chi connectivity index (χ3n) is 2.03. The van der Waals surface area contributed by atoms with Crippen molar-refractivity contribution in [3.8, 4) is 0 Å². The Kier molecular flexibility index (Phi) is 5.12. The Morgan fingerprint density at radius 3 is 2.50 bits per heavy atom. The zero-order valence-electron chi connectivity index (χ0n) is 11.8. The second-order valence-electron chi connectivity index (χ2n) is 5.96. The lowest BCUT2D eigenvalue weighted by Crippen LogP contribution is -2.38. The molecule has 1 heterocycles. The van der Waals surface area contributed by atoms with E-state index in [-0.39, 0.29) is 5.54 Å². The van der Waals surface area contributed by atoms with Crippen molar-refractivity contribution >= 4 is 11.8 Å². The molecule has 1 rings (SSSR count). The summed E-state index contributed by atoms with van der Waals surface area (Å²) >= 11 is 1.47. The number of aromatic nitrogens is 4. The van der Waals surface area contributed by atoms with Gasteiger partial charge in [0, 0.05) is 17.8 Å². The van der Waals surface area contributed by atoms with Gasteiger partial charge in [0.15, 0.2) is 0 Å². The molecule has 0 aromatic carbocycles. The molecule has 0 amide bonds. The molecular formula is C11H23N5OS. The smallest absolute Gasteiger partial charge is 0.209 e. The Morgan fingerprint density at radius 2 is 1.94 bits per heavy atom. The molecule has 0 aliphatic carbocycles. The van der Waals surface area contributed by atoms with Crippen LogP contribution in [0.4, 0.5) is 0 Å². The SMILES string of the molecule is CC(C)(O)CSc1nnnn1CCNC(C)(C)C. The number of nitrogens with one attached hydrogen (secondary N) is 1. The van der Waals surface area contributed by atoms with E-state index in [0.717, 1.165) is 18.2 Å². The van der Waals surface area contributed by atoms with Crippen LogP contribution in [0.2, 0.25) is 0 Å². The molecule has 0 unspecified atom stereocenters. The first-order valence-electron chi connectivity index (χ1n) is 6.04. The zero-order valence-corrected chi connectivity index (χ0v) is 12.6. The minimum absolute atomic E-state index is 0.0917. The largest absolute Gasteiger partial charge is 0.390 e. The lowest BCUT2D eigenvalue weighted by Gasteiger charge is -2.20. The molecule has 0 saturated heterocycles. The van der Waals surface area contributed by atoms with E-state index in [1.807, 2.05) is 0 Å². The van der Waals surface area contributed by atoms with Crippen LogP contribution in [0.15, 0.2) is 5.16 Å². The van der Waals surface area contributed by atoms with Crippen LogP contribution >= 0.6 is 11.8 Å². The van der Waals surface area contributed by atoms with Gasteiger partial charge in [0.25, 0.3) is 0 Å². The molecule has 1 aromatic rings. The number of hydrogen-bond donors (Lipinski definition) is 2. The Labute approximate surface area is 113 Å². The second kappa shape index (κ2) is 5.99. The van der Waals surface area contributed by atoms with Crippen molar-refractivity contribution in [1.29, 1.82) is 0 Å². The van der Waals surface area contributed by atoms with Crippen LogP contribution in [0.5, 0.6) is 0 Å². The topological polar surface area (TPSA) is 75.9 Å². The van der Waals surface area contributed by atoms with Crippen LogP contribution < -0.4 is 5.32 Å². The number of rotatable bonds is 6. The summed E-state index contributed by atoms with van der Waals surface area (Å²) in [6, 6.07) is 0. The Hall–Kier alpha value is -0.660. The van der Waals surface area contributed by atoms with Crippen molar-refractivity contribution in [2.75, 3.05) is 12.3 Å². The fourth-order valence-corrected chi connectivity index (χ4v) is 2.07. The standard InChI is InChI=1S/C11H23N5OS/c1-10(2,3)12-6-7-16-9(13-14-15-16)18-8-11(4,5)17/h12,17H,6-8H2,1-5H3. The average Bonchev–Trinajstić information content (AvgIpc) is 2.59. The second-order valence-corrected chi connectivity index (χ2v) is 6.90. The van der Waals surface area contributed by atoms with Gasteiger partial charge < -0.3 is 10.4 Å². The Balaban J connectivity index is 2.45. The number of thioether (sulfide) groups is 1. The van der Waals surface area contributed by atoms with E-state index in [9.17, 15) is 5.11 Å². The maximum absolute atomic E-state index is 9.68. The van der Waals surface area contributed by atoms with E-state index in [1.165, 1.54) is 11.8 Å². The van der Waals surface area contributed by atoms with Gasteiger partial charge in [0.2, 0.25) is 5.16 Å². The molecule has 0 atom stereocenters. The van der Waals surface area contributed by atoms with E-state index in [1.54, 1.807) is 18.5 Å². The predicted octanol–water partition coefficient (Wildman–Crippen LogP) is 0.924. The summed E-state index contributed by atoms with van der Waals surface area (Å²) in [5.41, 5.74) is -0.625. The fraction of sp³-hybridized carbons (Fsp3) is 0.909. The summed E-state index contributed by atoms with van der Waals surface area (Å²) in [5.74, 6) is 0.570. The van der Waals surface area contributed by atoms with Gasteiger partial charge in [-0.1, -0.05) is 11.8 Å². The van der Waals surface area contributed by atoms with Crippen molar-refractivity contribution < 1.29 is 5.11 Å². The van der Waals surface area contributed by atoms with Gasteiger partial charge in [-0.05, 0) is 45.0 Å². The summed E-state index contributed by atoms with van der Waals surface area (Å²) in [4.78, 5) is 0. The number of aliphatic hydroxyl groups is 1. The number of tetrazole rings is 1. The molecule has 0 fully saturated rings. The van der Waals surface area contributed by atoms with Crippen molar-refractivity contribution in [2.45, 2.75) is 57.5 Å². The van der Waals surface area contributed by atoms with Crippen LogP contribution in [0, 0.1) is 0 Å². The number of hydrogen-bond acceptors (Lipinski definition) is 6. The highest BCUT2D eigenvalue weighted by Crippen LogP contribution is 2.19. The first-order valence-corrected chi connectivity index (χ1v) is 7.02. The molecule has 2 N–H and O–H groups in total. The predicted molar refractivity (Wildman–Crippen MR) is 72.6 cm³/mol. The Bertz CT molecular complexity index is 366. The van der Waals surface area contributed by atoms with E-state index in [0.29, 0.717) is 5.75 Å². The lowest BCUT2D eigenvalue weighted by molar-refractivity contribution is 0.107. The van der Waals surface area contributed by atoms with Crippen molar-refractivity contribution in [1.82, 2.24) is 25.5 Å². The monoisotopic (exact) mass is 273 g/mol. The molecule has 7 heteroatoms. The van der Waals surface area contributed by atoms with Gasteiger partial charge in [-0.25, -0.2) is 4.68 Å². The summed E-state index contributed by atoms with van der Waals surface area (Å²) in [7, 11) is 0. The molecule has 18 heavy (non-hydrogen) atoms. The Morgan fingerprint density at radius 1 is 1.28 bits per heavy atom. The lowest BCUT2D eigenvalue weighted by atomic mass is 10.1. The molecule has 0 aliphatic heterocycles. The van der Waals surface area contributed by atoms with Gasteiger partial charge in [-0.3, -0.25) is 0 Å². The van der Waals surface area contributed by atoms with E-state index >= 15 is 0 Å². The minimum atomic E-state index is -0.717. The molecule has 0 saturated carbocycles. The first-order chi connectivity index (χ1) is 8.17. The molecular weight excluding hydrogens is 250 g/mol. The van der Waals surface area contributed by atoms with Crippen molar-refractivity contribution in [3.63, 3.8) is 0 Å². The summed E-state index contributed by atoms with van der Waals surface area (Å²) < 4.78 is 1.76. The third kappa shape index (κ3) is 6.32. The summed E-state index contributed by atoms with van der Waals surface area (Å²) in [5, 5.41) is 25.4. The van der Waals surface area contributed by atoms with E-state index in [2.05, 4.69) is 41.6 Å². The average molecular weight is 273 g/mol. The van der Waals surface area contributed by atoms with Gasteiger partial charge in [-0.15, -0.1) is 5.10 Å². The quantitative estimate of drug-likeness (QED) is 0.751. The van der Waals surface area contributed by atoms with Crippen molar-refractivity contribution in [3.05, 3.63) is 0 Å². The van der Waals surface area contributed by atoms with E-state index < -0.39 is 5.60 Å². The molecule has 0 radical (unpaired) electrons. The fourth-order valence-electron chi connectivity index (χ4n) is 1.22. The van der Waals surface area contributed by atoms with Gasteiger partial charge in [0.1, 0.15) is 0 Å².